The van der Waals surface area contributed by atoms with E-state index in [0.29, 0.717) is 24.7 Å². The molecule has 1 saturated heterocycles. The molecule has 6 heteroatoms. The zero-order valence-corrected chi connectivity index (χ0v) is 10.8. The quantitative estimate of drug-likeness (QED) is 0.852. The third-order valence-electron chi connectivity index (χ3n) is 2.56. The van der Waals surface area contributed by atoms with Crippen molar-refractivity contribution in [3.8, 4) is 5.75 Å². The van der Waals surface area contributed by atoms with Crippen molar-refractivity contribution in [1.82, 2.24) is 10.6 Å². The average molecular weight is 271 g/mol. The molecule has 1 aromatic rings. The highest BCUT2D eigenvalue weighted by atomic mass is 35.5. The van der Waals surface area contributed by atoms with E-state index in [9.17, 15) is 4.79 Å². The average Bonchev–Trinajstić information content (AvgIpc) is 2.75. The minimum absolute atomic E-state index is 0.240. The van der Waals surface area contributed by atoms with E-state index >= 15 is 0 Å². The summed E-state index contributed by atoms with van der Waals surface area (Å²) in [6.45, 7) is 1.48. The van der Waals surface area contributed by atoms with E-state index in [1.165, 1.54) is 0 Å². The molecule has 5 nitrogen and oxygen atoms in total. The Morgan fingerprint density at radius 2 is 2.44 bits per heavy atom. The molecule has 1 aliphatic heterocycles. The van der Waals surface area contributed by atoms with E-state index in [1.807, 2.05) is 19.2 Å². The predicted octanol–water partition coefficient (Wildman–Crippen LogP) is 1.55. The highest BCUT2D eigenvalue weighted by Gasteiger charge is 2.23. The van der Waals surface area contributed by atoms with Crippen LogP contribution in [0.2, 0.25) is 5.02 Å². The number of amides is 1. The highest BCUT2D eigenvalue weighted by Crippen LogP contribution is 2.23. The molecule has 1 amide bonds. The number of halogens is 1. The summed E-state index contributed by atoms with van der Waals surface area (Å²) in [6, 6.07) is 5.44. The van der Waals surface area contributed by atoms with Crippen molar-refractivity contribution in [3.05, 3.63) is 28.8 Å². The number of carbonyl (C=O) groups is 1. The highest BCUT2D eigenvalue weighted by molar-refractivity contribution is 6.30. The molecule has 1 heterocycles. The number of cyclic esters (lactones) is 1. The van der Waals surface area contributed by atoms with Gasteiger partial charge in [-0.2, -0.15) is 0 Å². The molecule has 2 N–H and O–H groups in total. The van der Waals surface area contributed by atoms with Gasteiger partial charge in [0.15, 0.2) is 6.10 Å². The van der Waals surface area contributed by atoms with Gasteiger partial charge in [-0.05, 0) is 25.2 Å². The minimum Gasteiger partial charge on any atom is -0.489 e. The lowest BCUT2D eigenvalue weighted by molar-refractivity contribution is 0.104. The van der Waals surface area contributed by atoms with Crippen molar-refractivity contribution in [2.45, 2.75) is 12.6 Å². The fourth-order valence-electron chi connectivity index (χ4n) is 1.72. The van der Waals surface area contributed by atoms with Gasteiger partial charge in [0, 0.05) is 17.1 Å². The predicted molar refractivity (Wildman–Crippen MR) is 68.0 cm³/mol. The standard InChI is InChI=1S/C12H15ClN2O3/c1-14-5-8-4-9(13)2-3-11(8)17-7-10-6-15-12(16)18-10/h2-4,10,14H,5-7H2,1H3,(H,15,16). The Hall–Kier alpha value is -1.46. The van der Waals surface area contributed by atoms with Gasteiger partial charge in [0.1, 0.15) is 12.4 Å². The lowest BCUT2D eigenvalue weighted by Gasteiger charge is -2.14. The summed E-state index contributed by atoms with van der Waals surface area (Å²) >= 11 is 5.94. The SMILES string of the molecule is CNCc1cc(Cl)ccc1OCC1CNC(=O)O1. The molecule has 0 spiro atoms. The van der Waals surface area contributed by atoms with E-state index in [-0.39, 0.29) is 6.10 Å². The summed E-state index contributed by atoms with van der Waals surface area (Å²) in [7, 11) is 1.85. The van der Waals surface area contributed by atoms with E-state index in [1.54, 1.807) is 6.07 Å². The summed E-state index contributed by atoms with van der Waals surface area (Å²) in [5.74, 6) is 0.747. The first-order chi connectivity index (χ1) is 8.69. The van der Waals surface area contributed by atoms with Gasteiger partial charge >= 0.3 is 6.09 Å². The Bertz CT molecular complexity index is 439. The number of alkyl carbamates (subject to hydrolysis) is 1. The van der Waals surface area contributed by atoms with Gasteiger partial charge in [0.05, 0.1) is 6.54 Å². The van der Waals surface area contributed by atoms with Crippen molar-refractivity contribution in [3.63, 3.8) is 0 Å². The number of benzene rings is 1. The van der Waals surface area contributed by atoms with E-state index in [2.05, 4.69) is 10.6 Å². The molecule has 18 heavy (non-hydrogen) atoms. The van der Waals surface area contributed by atoms with Crippen LogP contribution in [0, 0.1) is 0 Å². The van der Waals surface area contributed by atoms with Crippen LogP contribution in [-0.2, 0) is 11.3 Å². The van der Waals surface area contributed by atoms with Crippen molar-refractivity contribution in [2.75, 3.05) is 20.2 Å². The second kappa shape index (κ2) is 5.93. The maximum Gasteiger partial charge on any atom is 0.407 e. The Labute approximate surface area is 110 Å². The van der Waals surface area contributed by atoms with Crippen LogP contribution in [-0.4, -0.2) is 32.4 Å². The van der Waals surface area contributed by atoms with Crippen LogP contribution in [0.25, 0.3) is 0 Å². The molecule has 1 aliphatic rings. The van der Waals surface area contributed by atoms with Crippen LogP contribution in [0.3, 0.4) is 0 Å². The van der Waals surface area contributed by atoms with Crippen molar-refractivity contribution in [1.29, 1.82) is 0 Å². The van der Waals surface area contributed by atoms with E-state index in [4.69, 9.17) is 21.1 Å². The first kappa shape index (κ1) is 13.0. The Morgan fingerprint density at radius 1 is 1.61 bits per heavy atom. The van der Waals surface area contributed by atoms with Gasteiger partial charge in [-0.3, -0.25) is 0 Å². The van der Waals surface area contributed by atoms with E-state index in [0.717, 1.165) is 11.3 Å². The Morgan fingerprint density at radius 3 is 3.11 bits per heavy atom. The number of nitrogens with one attached hydrogen (secondary N) is 2. The summed E-state index contributed by atoms with van der Waals surface area (Å²) < 4.78 is 10.7. The van der Waals surface area contributed by atoms with Gasteiger partial charge in [-0.25, -0.2) is 4.79 Å². The topological polar surface area (TPSA) is 59.6 Å². The van der Waals surface area contributed by atoms with Gasteiger partial charge in [-0.1, -0.05) is 11.6 Å². The second-order valence-corrected chi connectivity index (χ2v) is 4.44. The fraction of sp³-hybridized carbons (Fsp3) is 0.417. The van der Waals surface area contributed by atoms with Crippen molar-refractivity contribution >= 4 is 17.7 Å². The Kier molecular flexibility index (Phi) is 4.28. The van der Waals surface area contributed by atoms with Crippen LogP contribution < -0.4 is 15.4 Å². The minimum atomic E-state index is -0.393. The van der Waals surface area contributed by atoms with Gasteiger partial charge < -0.3 is 20.1 Å². The first-order valence-corrected chi connectivity index (χ1v) is 6.07. The third-order valence-corrected chi connectivity index (χ3v) is 2.80. The van der Waals surface area contributed by atoms with Crippen LogP contribution in [0.4, 0.5) is 4.79 Å². The molecule has 1 aromatic carbocycles. The van der Waals surface area contributed by atoms with Crippen LogP contribution in [0.1, 0.15) is 5.56 Å². The van der Waals surface area contributed by atoms with Crippen LogP contribution in [0.15, 0.2) is 18.2 Å². The maximum absolute atomic E-state index is 10.9. The molecular weight excluding hydrogens is 256 g/mol. The molecule has 2 rings (SSSR count). The largest absolute Gasteiger partial charge is 0.489 e. The van der Waals surface area contributed by atoms with Crippen molar-refractivity contribution < 1.29 is 14.3 Å². The molecular formula is C12H15ClN2O3. The molecule has 0 aromatic heterocycles. The lowest BCUT2D eigenvalue weighted by atomic mass is 10.2. The number of rotatable bonds is 5. The number of ether oxygens (including phenoxy) is 2. The third kappa shape index (κ3) is 3.27. The molecule has 1 atom stereocenters. The van der Waals surface area contributed by atoms with Gasteiger partial charge in [0.2, 0.25) is 0 Å². The first-order valence-electron chi connectivity index (χ1n) is 5.69. The van der Waals surface area contributed by atoms with Gasteiger partial charge in [-0.15, -0.1) is 0 Å². The molecule has 0 saturated carbocycles. The maximum atomic E-state index is 10.9. The number of hydrogen-bond acceptors (Lipinski definition) is 4. The number of carbonyl (C=O) groups excluding carboxylic acids is 1. The molecule has 0 radical (unpaired) electrons. The summed E-state index contributed by atoms with van der Waals surface area (Å²) in [5.41, 5.74) is 0.974. The summed E-state index contributed by atoms with van der Waals surface area (Å²) in [4.78, 5) is 10.9. The Balaban J connectivity index is 1.97. The van der Waals surface area contributed by atoms with Gasteiger partial charge in [0.25, 0.3) is 0 Å². The molecule has 98 valence electrons. The zero-order valence-electron chi connectivity index (χ0n) is 10.0. The van der Waals surface area contributed by atoms with E-state index < -0.39 is 6.09 Å². The lowest BCUT2D eigenvalue weighted by Crippen LogP contribution is -2.22. The monoisotopic (exact) mass is 270 g/mol. The normalized spacial score (nSPS) is 18.3. The smallest absolute Gasteiger partial charge is 0.407 e. The second-order valence-electron chi connectivity index (χ2n) is 4.00. The fourth-order valence-corrected chi connectivity index (χ4v) is 1.92. The molecule has 1 unspecified atom stereocenters. The molecule has 1 fully saturated rings. The number of hydrogen-bond donors (Lipinski definition) is 2. The molecule has 0 bridgehead atoms. The van der Waals surface area contributed by atoms with Crippen molar-refractivity contribution in [2.24, 2.45) is 0 Å². The van der Waals surface area contributed by atoms with Crippen LogP contribution in [0.5, 0.6) is 5.75 Å². The zero-order chi connectivity index (χ0) is 13.0. The summed E-state index contributed by atoms with van der Waals surface area (Å²) in [5, 5.41) is 6.30. The van der Waals surface area contributed by atoms with Crippen LogP contribution >= 0.6 is 11.6 Å². The summed E-state index contributed by atoms with van der Waals surface area (Å²) in [6.07, 6.45) is -0.634. The molecule has 0 aliphatic carbocycles.